The minimum Gasteiger partial charge on any atom is -0.507 e. The zero-order valence-electron chi connectivity index (χ0n) is 12.3. The second kappa shape index (κ2) is 5.50. The lowest BCUT2D eigenvalue weighted by atomic mass is 10.1. The molecule has 0 aliphatic heterocycles. The zero-order chi connectivity index (χ0) is 15.7. The van der Waals surface area contributed by atoms with Gasteiger partial charge in [0, 0.05) is 11.1 Å². The highest BCUT2D eigenvalue weighted by atomic mass is 32.2. The molecule has 5 heteroatoms. The molecule has 0 saturated carbocycles. The molecule has 0 atom stereocenters. The average molecular weight is 305 g/mol. The van der Waals surface area contributed by atoms with E-state index >= 15 is 0 Å². The fourth-order valence-electron chi connectivity index (χ4n) is 1.99. The molecule has 21 heavy (non-hydrogen) atoms. The Morgan fingerprint density at radius 1 is 0.952 bits per heavy atom. The molecule has 0 radical (unpaired) electrons. The summed E-state index contributed by atoms with van der Waals surface area (Å²) in [4.78, 5) is 0.205. The second-order valence-corrected chi connectivity index (χ2v) is 7.58. The zero-order valence-corrected chi connectivity index (χ0v) is 13.1. The van der Waals surface area contributed by atoms with Gasteiger partial charge in [-0.2, -0.15) is 0 Å². The first-order valence-corrected chi connectivity index (χ1v) is 8.10. The Bertz CT molecular complexity index is 729. The smallest absolute Gasteiger partial charge is 0.241 e. The van der Waals surface area contributed by atoms with E-state index in [4.69, 9.17) is 0 Å². The second-order valence-electron chi connectivity index (χ2n) is 5.90. The van der Waals surface area contributed by atoms with Gasteiger partial charge in [0.2, 0.25) is 10.0 Å². The SMILES string of the molecule is CC(C)(C)NS(=O)(=O)c1ccc(-c2ccccc2O)cc1. The molecule has 112 valence electrons. The van der Waals surface area contributed by atoms with Gasteiger partial charge in [-0.05, 0) is 44.5 Å². The number of phenolic OH excluding ortho intramolecular Hbond substituents is 1. The van der Waals surface area contributed by atoms with Gasteiger partial charge in [0.1, 0.15) is 5.75 Å². The fraction of sp³-hybridized carbons (Fsp3) is 0.250. The van der Waals surface area contributed by atoms with Crippen molar-refractivity contribution in [1.29, 1.82) is 0 Å². The first-order valence-electron chi connectivity index (χ1n) is 6.61. The van der Waals surface area contributed by atoms with E-state index in [9.17, 15) is 13.5 Å². The Morgan fingerprint density at radius 3 is 2.05 bits per heavy atom. The first kappa shape index (κ1) is 15.5. The van der Waals surface area contributed by atoms with Gasteiger partial charge in [0.05, 0.1) is 4.90 Å². The van der Waals surface area contributed by atoms with E-state index in [0.29, 0.717) is 5.56 Å². The fourth-order valence-corrected chi connectivity index (χ4v) is 3.41. The summed E-state index contributed by atoms with van der Waals surface area (Å²) in [6.07, 6.45) is 0. The highest BCUT2D eigenvalue weighted by Gasteiger charge is 2.21. The van der Waals surface area contributed by atoms with Crippen molar-refractivity contribution in [2.75, 3.05) is 0 Å². The van der Waals surface area contributed by atoms with E-state index in [-0.39, 0.29) is 10.6 Å². The van der Waals surface area contributed by atoms with Gasteiger partial charge < -0.3 is 5.11 Å². The molecule has 2 aromatic rings. The molecule has 0 heterocycles. The van der Waals surface area contributed by atoms with Crippen LogP contribution >= 0.6 is 0 Å². The Labute approximate surface area is 125 Å². The van der Waals surface area contributed by atoms with Crippen LogP contribution in [0.5, 0.6) is 5.75 Å². The highest BCUT2D eigenvalue weighted by molar-refractivity contribution is 7.89. The number of aromatic hydroxyl groups is 1. The molecule has 0 unspecified atom stereocenters. The number of sulfonamides is 1. The Kier molecular flexibility index (Phi) is 4.07. The van der Waals surface area contributed by atoms with Crippen molar-refractivity contribution in [2.45, 2.75) is 31.2 Å². The maximum Gasteiger partial charge on any atom is 0.241 e. The third-order valence-corrected chi connectivity index (χ3v) is 4.59. The summed E-state index contributed by atoms with van der Waals surface area (Å²) in [5.41, 5.74) is 0.905. The number of nitrogens with one attached hydrogen (secondary N) is 1. The van der Waals surface area contributed by atoms with E-state index in [0.717, 1.165) is 5.56 Å². The van der Waals surface area contributed by atoms with Crippen LogP contribution in [0.25, 0.3) is 11.1 Å². The molecular formula is C16H19NO3S. The minimum absolute atomic E-state index is 0.168. The third-order valence-electron chi connectivity index (χ3n) is 2.82. The predicted molar refractivity (Wildman–Crippen MR) is 83.6 cm³/mol. The van der Waals surface area contributed by atoms with Crippen LogP contribution in [0.15, 0.2) is 53.4 Å². The third kappa shape index (κ3) is 3.83. The van der Waals surface area contributed by atoms with Crippen LogP contribution in [0.2, 0.25) is 0 Å². The standard InChI is InChI=1S/C16H19NO3S/c1-16(2,3)17-21(19,20)13-10-8-12(9-11-13)14-6-4-5-7-15(14)18/h4-11,17-18H,1-3H3. The number of hydrogen-bond acceptors (Lipinski definition) is 3. The summed E-state index contributed by atoms with van der Waals surface area (Å²) in [5.74, 6) is 0.168. The molecule has 2 aromatic carbocycles. The van der Waals surface area contributed by atoms with Gasteiger partial charge in [0.25, 0.3) is 0 Å². The lowest BCUT2D eigenvalue weighted by molar-refractivity contribution is 0.477. The van der Waals surface area contributed by atoms with Crippen LogP contribution in [0, 0.1) is 0 Å². The van der Waals surface area contributed by atoms with E-state index in [2.05, 4.69) is 4.72 Å². The summed E-state index contributed by atoms with van der Waals surface area (Å²) in [6.45, 7) is 5.38. The quantitative estimate of drug-likeness (QED) is 0.915. The number of para-hydroxylation sites is 1. The first-order chi connectivity index (χ1) is 9.69. The van der Waals surface area contributed by atoms with Crippen molar-refractivity contribution < 1.29 is 13.5 Å². The summed E-state index contributed by atoms with van der Waals surface area (Å²) in [7, 11) is -3.54. The summed E-state index contributed by atoms with van der Waals surface area (Å²) >= 11 is 0. The number of rotatable bonds is 3. The number of hydrogen-bond donors (Lipinski definition) is 2. The maximum atomic E-state index is 12.2. The predicted octanol–water partition coefficient (Wildman–Crippen LogP) is 3.14. The van der Waals surface area contributed by atoms with Crippen molar-refractivity contribution in [3.63, 3.8) is 0 Å². The van der Waals surface area contributed by atoms with E-state index in [1.54, 1.807) is 51.1 Å². The highest BCUT2D eigenvalue weighted by Crippen LogP contribution is 2.29. The molecule has 0 bridgehead atoms. The minimum atomic E-state index is -3.54. The topological polar surface area (TPSA) is 66.4 Å². The molecule has 0 amide bonds. The molecule has 0 aliphatic carbocycles. The van der Waals surface area contributed by atoms with Gasteiger partial charge in [-0.15, -0.1) is 0 Å². The van der Waals surface area contributed by atoms with E-state index < -0.39 is 15.6 Å². The molecule has 2 rings (SSSR count). The van der Waals surface area contributed by atoms with Gasteiger partial charge in [-0.25, -0.2) is 13.1 Å². The Balaban J connectivity index is 2.34. The van der Waals surface area contributed by atoms with Gasteiger partial charge >= 0.3 is 0 Å². The maximum absolute atomic E-state index is 12.2. The van der Waals surface area contributed by atoms with Gasteiger partial charge in [-0.1, -0.05) is 30.3 Å². The summed E-state index contributed by atoms with van der Waals surface area (Å²) < 4.78 is 27.0. The normalized spacial score (nSPS) is 12.3. The van der Waals surface area contributed by atoms with Gasteiger partial charge in [0.15, 0.2) is 0 Å². The molecular weight excluding hydrogens is 286 g/mol. The van der Waals surface area contributed by atoms with Crippen LogP contribution in [0.4, 0.5) is 0 Å². The molecule has 0 spiro atoms. The van der Waals surface area contributed by atoms with Crippen LogP contribution in [0.3, 0.4) is 0 Å². The largest absolute Gasteiger partial charge is 0.507 e. The van der Waals surface area contributed by atoms with Crippen molar-refractivity contribution in [1.82, 2.24) is 4.72 Å². The van der Waals surface area contributed by atoms with Crippen LogP contribution in [0.1, 0.15) is 20.8 Å². The lowest BCUT2D eigenvalue weighted by Gasteiger charge is -2.20. The number of benzene rings is 2. The average Bonchev–Trinajstić information content (AvgIpc) is 2.37. The van der Waals surface area contributed by atoms with Crippen LogP contribution in [-0.4, -0.2) is 19.1 Å². The van der Waals surface area contributed by atoms with Gasteiger partial charge in [-0.3, -0.25) is 0 Å². The molecule has 0 aliphatic rings. The monoisotopic (exact) mass is 305 g/mol. The lowest BCUT2D eigenvalue weighted by Crippen LogP contribution is -2.40. The van der Waals surface area contributed by atoms with Crippen molar-refractivity contribution in [3.05, 3.63) is 48.5 Å². The number of phenols is 1. The molecule has 0 saturated heterocycles. The Hall–Kier alpha value is -1.85. The molecule has 4 nitrogen and oxygen atoms in total. The van der Waals surface area contributed by atoms with E-state index in [1.165, 1.54) is 12.1 Å². The Morgan fingerprint density at radius 2 is 1.52 bits per heavy atom. The van der Waals surface area contributed by atoms with Crippen molar-refractivity contribution in [2.24, 2.45) is 0 Å². The summed E-state index contributed by atoms with van der Waals surface area (Å²) in [5, 5.41) is 9.82. The van der Waals surface area contributed by atoms with Crippen molar-refractivity contribution in [3.8, 4) is 16.9 Å². The van der Waals surface area contributed by atoms with Crippen LogP contribution in [-0.2, 0) is 10.0 Å². The molecule has 2 N–H and O–H groups in total. The van der Waals surface area contributed by atoms with E-state index in [1.807, 2.05) is 6.07 Å². The van der Waals surface area contributed by atoms with Crippen LogP contribution < -0.4 is 4.72 Å². The summed E-state index contributed by atoms with van der Waals surface area (Å²) in [6, 6.07) is 13.4. The molecule has 0 fully saturated rings. The van der Waals surface area contributed by atoms with Crippen molar-refractivity contribution >= 4 is 10.0 Å². The molecule has 0 aromatic heterocycles.